The van der Waals surface area contributed by atoms with E-state index in [0.717, 1.165) is 23.3 Å². The lowest BCUT2D eigenvalue weighted by Crippen LogP contribution is -2.53. The van der Waals surface area contributed by atoms with Gasteiger partial charge in [-0.1, -0.05) is 96.4 Å². The van der Waals surface area contributed by atoms with E-state index < -0.39 is 56.9 Å². The van der Waals surface area contributed by atoms with Crippen molar-refractivity contribution in [3.05, 3.63) is 129 Å². The fourth-order valence-electron chi connectivity index (χ4n) is 4.98. The summed E-state index contributed by atoms with van der Waals surface area (Å²) in [7, 11) is -4.63. The number of nitrogens with one attached hydrogen (secondary N) is 1. The van der Waals surface area contributed by atoms with Crippen molar-refractivity contribution in [1.29, 1.82) is 0 Å². The van der Waals surface area contributed by atoms with Crippen LogP contribution in [0.3, 0.4) is 0 Å². The van der Waals surface area contributed by atoms with Gasteiger partial charge in [-0.05, 0) is 60.9 Å². The normalized spacial score (nSPS) is 12.3. The maximum Gasteiger partial charge on any atom is 0.417 e. The van der Waals surface area contributed by atoms with E-state index in [2.05, 4.69) is 5.32 Å². The summed E-state index contributed by atoms with van der Waals surface area (Å²) in [6.07, 6.45) is -4.23. The van der Waals surface area contributed by atoms with Crippen LogP contribution in [0.25, 0.3) is 0 Å². The highest BCUT2D eigenvalue weighted by Gasteiger charge is 2.37. The molecule has 0 spiro atoms. The molecule has 4 aromatic rings. The number of carbonyl (C=O) groups is 2. The lowest BCUT2D eigenvalue weighted by atomic mass is 10.0. The second-order valence-corrected chi connectivity index (χ2v) is 13.8. The van der Waals surface area contributed by atoms with E-state index in [1.807, 2.05) is 6.92 Å². The molecule has 1 N–H and O–H groups in total. The smallest absolute Gasteiger partial charge is 0.354 e. The van der Waals surface area contributed by atoms with Crippen molar-refractivity contribution in [3.8, 4) is 0 Å². The number of sulfonamides is 1. The Morgan fingerprint density at radius 3 is 2.15 bits per heavy atom. The van der Waals surface area contributed by atoms with E-state index in [4.69, 9.17) is 23.2 Å². The number of halogens is 5. The number of hydrogen-bond donors (Lipinski definition) is 1. The molecule has 0 saturated carbocycles. The lowest BCUT2D eigenvalue weighted by Gasteiger charge is -2.34. The van der Waals surface area contributed by atoms with E-state index in [0.29, 0.717) is 33.9 Å². The van der Waals surface area contributed by atoms with Gasteiger partial charge in [-0.15, -0.1) is 0 Å². The third-order valence-corrected chi connectivity index (χ3v) is 10.0. The molecular weight excluding hydrogens is 686 g/mol. The molecule has 0 saturated heterocycles. The first-order valence-corrected chi connectivity index (χ1v) is 17.2. The molecule has 48 heavy (non-hydrogen) atoms. The lowest BCUT2D eigenvalue weighted by molar-refractivity contribution is -0.140. The van der Waals surface area contributed by atoms with Crippen molar-refractivity contribution in [1.82, 2.24) is 10.2 Å². The zero-order valence-electron chi connectivity index (χ0n) is 26.2. The molecule has 0 bridgehead atoms. The van der Waals surface area contributed by atoms with Crippen LogP contribution in [0.15, 0.2) is 102 Å². The number of hydrogen-bond acceptors (Lipinski definition) is 4. The molecule has 0 fully saturated rings. The van der Waals surface area contributed by atoms with E-state index >= 15 is 0 Å². The predicted octanol–water partition coefficient (Wildman–Crippen LogP) is 7.68. The number of nitrogens with zero attached hydrogens (tertiary/aromatic N) is 2. The number of alkyl halides is 3. The molecule has 0 heterocycles. The number of benzene rings is 4. The average Bonchev–Trinajstić information content (AvgIpc) is 3.05. The van der Waals surface area contributed by atoms with Crippen molar-refractivity contribution in [2.24, 2.45) is 0 Å². The molecule has 4 rings (SSSR count). The molecule has 0 aromatic heterocycles. The van der Waals surface area contributed by atoms with Crippen LogP contribution < -0.4 is 9.62 Å². The predicted molar refractivity (Wildman–Crippen MR) is 181 cm³/mol. The Morgan fingerprint density at radius 2 is 1.52 bits per heavy atom. The minimum Gasteiger partial charge on any atom is -0.354 e. The molecular formula is C35H34Cl2F3N3O4S. The van der Waals surface area contributed by atoms with Gasteiger partial charge in [0.05, 0.1) is 21.2 Å². The van der Waals surface area contributed by atoms with Gasteiger partial charge in [-0.3, -0.25) is 13.9 Å². The summed E-state index contributed by atoms with van der Waals surface area (Å²) in [6.45, 7) is 2.80. The van der Waals surface area contributed by atoms with Crippen molar-refractivity contribution in [2.45, 2.75) is 50.3 Å². The van der Waals surface area contributed by atoms with Crippen LogP contribution in [-0.2, 0) is 38.8 Å². The van der Waals surface area contributed by atoms with Crippen LogP contribution in [0, 0.1) is 6.92 Å². The van der Waals surface area contributed by atoms with Crippen LogP contribution in [-0.4, -0.2) is 44.3 Å². The summed E-state index contributed by atoms with van der Waals surface area (Å²) in [5.74, 6) is -1.33. The quantitative estimate of drug-likeness (QED) is 0.154. The summed E-state index contributed by atoms with van der Waals surface area (Å²) in [5, 5.41) is 2.49. The number of anilines is 1. The van der Waals surface area contributed by atoms with Gasteiger partial charge in [0, 0.05) is 24.5 Å². The Bertz CT molecular complexity index is 1840. The third kappa shape index (κ3) is 9.09. The van der Waals surface area contributed by atoms with Crippen LogP contribution in [0.2, 0.25) is 10.0 Å². The monoisotopic (exact) mass is 719 g/mol. The van der Waals surface area contributed by atoms with Gasteiger partial charge in [-0.25, -0.2) is 8.42 Å². The van der Waals surface area contributed by atoms with Crippen molar-refractivity contribution >= 4 is 50.7 Å². The Hall–Kier alpha value is -4.06. The SMILES string of the molecule is CCCNC(=O)[C@H](Cc1ccccc1)N(Cc1ccccc1Cl)C(=O)CN(c1ccc(Cl)c(C(F)(F)F)c1)S(=O)(=O)c1ccc(C)cc1. The van der Waals surface area contributed by atoms with Crippen molar-refractivity contribution in [3.63, 3.8) is 0 Å². The molecule has 1 atom stereocenters. The summed E-state index contributed by atoms with van der Waals surface area (Å²) in [4.78, 5) is 29.2. The molecule has 13 heteroatoms. The first-order valence-electron chi connectivity index (χ1n) is 15.0. The van der Waals surface area contributed by atoms with Gasteiger partial charge in [0.15, 0.2) is 0 Å². The van der Waals surface area contributed by atoms with Gasteiger partial charge >= 0.3 is 6.18 Å². The largest absolute Gasteiger partial charge is 0.417 e. The topological polar surface area (TPSA) is 86.8 Å². The molecule has 254 valence electrons. The molecule has 0 unspecified atom stereocenters. The molecule has 0 aliphatic rings. The highest BCUT2D eigenvalue weighted by molar-refractivity contribution is 7.92. The summed E-state index contributed by atoms with van der Waals surface area (Å²) >= 11 is 12.3. The summed E-state index contributed by atoms with van der Waals surface area (Å²) < 4.78 is 70.7. The number of amides is 2. The maximum atomic E-state index is 14.5. The highest BCUT2D eigenvalue weighted by atomic mass is 35.5. The third-order valence-electron chi connectivity index (χ3n) is 7.55. The minimum absolute atomic E-state index is 0.0659. The number of aryl methyl sites for hydroxylation is 1. The Morgan fingerprint density at radius 1 is 0.875 bits per heavy atom. The van der Waals surface area contributed by atoms with Gasteiger partial charge in [0.1, 0.15) is 12.6 Å². The minimum atomic E-state index is -4.91. The molecule has 0 aliphatic carbocycles. The van der Waals surface area contributed by atoms with Crippen molar-refractivity contribution in [2.75, 3.05) is 17.4 Å². The Labute approximate surface area is 288 Å². The van der Waals surface area contributed by atoms with Crippen LogP contribution in [0.4, 0.5) is 18.9 Å². The number of rotatable bonds is 13. The molecule has 4 aromatic carbocycles. The van der Waals surface area contributed by atoms with Gasteiger partial charge in [0.2, 0.25) is 11.8 Å². The standard InChI is InChI=1S/C35H34Cl2F3N3O4S/c1-3-19-41-34(45)32(20-25-9-5-4-6-10-25)42(22-26-11-7-8-12-30(26)36)33(44)23-43(48(46,47)28-16-13-24(2)14-17-28)27-15-18-31(37)29(21-27)35(38,39)40/h4-18,21,32H,3,19-20,22-23H2,1-2H3,(H,41,45)/t32-/m0/s1. The van der Waals surface area contributed by atoms with Crippen LogP contribution >= 0.6 is 23.2 Å². The Kier molecular flexibility index (Phi) is 12.2. The van der Waals surface area contributed by atoms with Crippen molar-refractivity contribution < 1.29 is 31.2 Å². The number of carbonyl (C=O) groups excluding carboxylic acids is 2. The molecule has 2 amide bonds. The molecule has 0 aliphatic heterocycles. The van der Waals surface area contributed by atoms with E-state index in [-0.39, 0.29) is 17.9 Å². The summed E-state index contributed by atoms with van der Waals surface area (Å²) in [5.41, 5.74) is 0.242. The Balaban J connectivity index is 1.87. The van der Waals surface area contributed by atoms with Gasteiger partial charge in [-0.2, -0.15) is 13.2 Å². The van der Waals surface area contributed by atoms with E-state index in [1.165, 1.54) is 29.2 Å². The van der Waals surface area contributed by atoms with E-state index in [9.17, 15) is 31.2 Å². The fraction of sp³-hybridized carbons (Fsp3) is 0.257. The zero-order valence-corrected chi connectivity index (χ0v) is 28.5. The second kappa shape index (κ2) is 15.9. The second-order valence-electron chi connectivity index (χ2n) is 11.1. The maximum absolute atomic E-state index is 14.5. The zero-order chi connectivity index (χ0) is 35.1. The van der Waals surface area contributed by atoms with Gasteiger partial charge in [0.25, 0.3) is 10.0 Å². The van der Waals surface area contributed by atoms with Gasteiger partial charge < -0.3 is 10.2 Å². The molecule has 7 nitrogen and oxygen atoms in total. The summed E-state index contributed by atoms with van der Waals surface area (Å²) in [6, 6.07) is 22.8. The van der Waals surface area contributed by atoms with Crippen LogP contribution in [0.5, 0.6) is 0 Å². The molecule has 0 radical (unpaired) electrons. The van der Waals surface area contributed by atoms with E-state index in [1.54, 1.807) is 61.5 Å². The average molecular weight is 721 g/mol. The van der Waals surface area contributed by atoms with Crippen LogP contribution in [0.1, 0.15) is 35.6 Å². The first kappa shape index (κ1) is 36.8. The fourth-order valence-corrected chi connectivity index (χ4v) is 6.81. The highest BCUT2D eigenvalue weighted by Crippen LogP contribution is 2.38. The first-order chi connectivity index (χ1) is 22.7.